The Bertz CT molecular complexity index is 701. The van der Waals surface area contributed by atoms with E-state index < -0.39 is 6.36 Å². The molecule has 0 unspecified atom stereocenters. The average Bonchev–Trinajstić information content (AvgIpc) is 2.81. The molecule has 7 heteroatoms. The number of hydrogen-bond donors (Lipinski definition) is 1. The number of aromatic nitrogens is 3. The van der Waals surface area contributed by atoms with Gasteiger partial charge in [0.25, 0.3) is 0 Å². The van der Waals surface area contributed by atoms with Crippen LogP contribution in [-0.4, -0.2) is 21.3 Å². The lowest BCUT2D eigenvalue weighted by Crippen LogP contribution is -2.16. The molecule has 0 bridgehead atoms. The zero-order valence-corrected chi connectivity index (χ0v) is 9.98. The Labute approximate surface area is 111 Å². The van der Waals surface area contributed by atoms with Crippen molar-refractivity contribution < 1.29 is 17.9 Å². The second kappa shape index (κ2) is 4.52. The van der Waals surface area contributed by atoms with Crippen LogP contribution < -0.4 is 4.74 Å². The quantitative estimate of drug-likeness (QED) is 0.780. The van der Waals surface area contributed by atoms with Gasteiger partial charge in [-0.25, -0.2) is 9.97 Å². The third-order valence-electron chi connectivity index (χ3n) is 2.62. The van der Waals surface area contributed by atoms with Crippen LogP contribution in [0.2, 0.25) is 0 Å². The normalized spacial score (nSPS) is 11.8. The van der Waals surface area contributed by atoms with Gasteiger partial charge >= 0.3 is 6.36 Å². The van der Waals surface area contributed by atoms with Crippen molar-refractivity contribution in [3.63, 3.8) is 0 Å². The summed E-state index contributed by atoms with van der Waals surface area (Å²) < 4.78 is 40.0. The fourth-order valence-corrected chi connectivity index (χ4v) is 1.80. The number of pyridine rings is 1. The first-order chi connectivity index (χ1) is 9.51. The van der Waals surface area contributed by atoms with Crippen molar-refractivity contribution >= 4 is 11.2 Å². The van der Waals surface area contributed by atoms with Crippen molar-refractivity contribution in [2.24, 2.45) is 0 Å². The van der Waals surface area contributed by atoms with E-state index in [9.17, 15) is 13.2 Å². The number of benzene rings is 1. The standard InChI is InChI=1S/C13H8F3N3O/c14-13(15,16)20-9-5-3-8(4-6-9)11-18-10-2-1-7-17-12(10)19-11/h1-7H,(H,17,18,19). The number of nitrogens with one attached hydrogen (secondary N) is 1. The minimum atomic E-state index is -4.69. The maximum absolute atomic E-state index is 12.1. The van der Waals surface area contributed by atoms with E-state index in [-0.39, 0.29) is 5.75 Å². The Morgan fingerprint density at radius 2 is 1.80 bits per heavy atom. The zero-order valence-electron chi connectivity index (χ0n) is 9.98. The Kier molecular flexibility index (Phi) is 2.81. The fraction of sp³-hybridized carbons (Fsp3) is 0.0769. The highest BCUT2D eigenvalue weighted by Gasteiger charge is 2.30. The number of rotatable bonds is 2. The maximum atomic E-state index is 12.1. The molecule has 0 aliphatic carbocycles. The topological polar surface area (TPSA) is 50.8 Å². The number of aromatic amines is 1. The summed E-state index contributed by atoms with van der Waals surface area (Å²) in [7, 11) is 0. The highest BCUT2D eigenvalue weighted by atomic mass is 19.4. The summed E-state index contributed by atoms with van der Waals surface area (Å²) in [5, 5.41) is 0. The predicted octanol–water partition coefficient (Wildman–Crippen LogP) is 3.52. The van der Waals surface area contributed by atoms with Crippen LogP contribution in [0, 0.1) is 0 Å². The highest BCUT2D eigenvalue weighted by Crippen LogP contribution is 2.26. The molecule has 3 rings (SSSR count). The number of alkyl halides is 3. The SMILES string of the molecule is FC(F)(F)Oc1ccc(-c2nc3ncccc3[nH]2)cc1. The molecule has 0 fully saturated rings. The van der Waals surface area contributed by atoms with Gasteiger partial charge in [0.1, 0.15) is 11.6 Å². The average molecular weight is 279 g/mol. The van der Waals surface area contributed by atoms with Crippen molar-refractivity contribution in [1.29, 1.82) is 0 Å². The van der Waals surface area contributed by atoms with Gasteiger partial charge in [-0.2, -0.15) is 0 Å². The van der Waals surface area contributed by atoms with Crippen LogP contribution in [0.15, 0.2) is 42.6 Å². The molecule has 0 saturated carbocycles. The molecule has 2 heterocycles. The van der Waals surface area contributed by atoms with E-state index in [1.165, 1.54) is 24.3 Å². The molecule has 1 aromatic carbocycles. The van der Waals surface area contributed by atoms with Gasteiger partial charge in [0.05, 0.1) is 5.52 Å². The number of hydrogen-bond acceptors (Lipinski definition) is 3. The van der Waals surface area contributed by atoms with Gasteiger partial charge in [0.2, 0.25) is 0 Å². The lowest BCUT2D eigenvalue weighted by molar-refractivity contribution is -0.274. The fourth-order valence-electron chi connectivity index (χ4n) is 1.80. The monoisotopic (exact) mass is 279 g/mol. The second-order valence-electron chi connectivity index (χ2n) is 4.03. The lowest BCUT2D eigenvalue weighted by atomic mass is 10.2. The molecule has 0 radical (unpaired) electrons. The molecule has 0 aliphatic rings. The third kappa shape index (κ3) is 2.56. The minimum absolute atomic E-state index is 0.268. The van der Waals surface area contributed by atoms with E-state index in [1.807, 2.05) is 6.07 Å². The molecular formula is C13H8F3N3O. The van der Waals surface area contributed by atoms with E-state index in [2.05, 4.69) is 19.7 Å². The van der Waals surface area contributed by atoms with Gasteiger partial charge in [0.15, 0.2) is 5.65 Å². The first-order valence-corrected chi connectivity index (χ1v) is 5.68. The number of nitrogens with zero attached hydrogens (tertiary/aromatic N) is 2. The Morgan fingerprint density at radius 3 is 2.45 bits per heavy atom. The number of halogens is 3. The van der Waals surface area contributed by atoms with Crippen LogP contribution in [0.5, 0.6) is 5.75 Å². The number of H-pyrrole nitrogens is 1. The zero-order chi connectivity index (χ0) is 14.2. The van der Waals surface area contributed by atoms with Gasteiger partial charge in [-0.3, -0.25) is 0 Å². The van der Waals surface area contributed by atoms with Crippen molar-refractivity contribution in [2.45, 2.75) is 6.36 Å². The van der Waals surface area contributed by atoms with E-state index in [1.54, 1.807) is 12.3 Å². The summed E-state index contributed by atoms with van der Waals surface area (Å²) in [4.78, 5) is 11.4. The largest absolute Gasteiger partial charge is 0.573 e. The molecule has 0 amide bonds. The summed E-state index contributed by atoms with van der Waals surface area (Å²) >= 11 is 0. The van der Waals surface area contributed by atoms with Gasteiger partial charge in [-0.05, 0) is 36.4 Å². The summed E-state index contributed by atoms with van der Waals surface area (Å²) in [6.07, 6.45) is -3.07. The van der Waals surface area contributed by atoms with E-state index in [4.69, 9.17) is 0 Å². The van der Waals surface area contributed by atoms with E-state index in [0.717, 1.165) is 5.52 Å². The van der Waals surface area contributed by atoms with Crippen LogP contribution in [0.3, 0.4) is 0 Å². The van der Waals surface area contributed by atoms with Crippen molar-refractivity contribution in [3.05, 3.63) is 42.6 Å². The molecule has 20 heavy (non-hydrogen) atoms. The number of imidazole rings is 1. The summed E-state index contributed by atoms with van der Waals surface area (Å²) in [5.74, 6) is 0.271. The summed E-state index contributed by atoms with van der Waals surface area (Å²) in [6, 6.07) is 9.06. The van der Waals surface area contributed by atoms with Gasteiger partial charge in [-0.15, -0.1) is 13.2 Å². The van der Waals surface area contributed by atoms with Crippen LogP contribution in [-0.2, 0) is 0 Å². The Hall–Kier alpha value is -2.57. The lowest BCUT2D eigenvalue weighted by Gasteiger charge is -2.08. The Balaban J connectivity index is 1.90. The van der Waals surface area contributed by atoms with Crippen LogP contribution in [0.25, 0.3) is 22.6 Å². The van der Waals surface area contributed by atoms with Crippen molar-refractivity contribution in [2.75, 3.05) is 0 Å². The van der Waals surface area contributed by atoms with Gasteiger partial charge in [-0.1, -0.05) is 0 Å². The molecule has 0 atom stereocenters. The van der Waals surface area contributed by atoms with Crippen LogP contribution >= 0.6 is 0 Å². The number of fused-ring (bicyclic) bond motifs is 1. The number of ether oxygens (including phenoxy) is 1. The highest BCUT2D eigenvalue weighted by molar-refractivity contribution is 5.75. The molecule has 0 spiro atoms. The molecule has 3 aromatic rings. The second-order valence-corrected chi connectivity index (χ2v) is 4.03. The molecule has 102 valence electrons. The molecule has 0 saturated heterocycles. The van der Waals surface area contributed by atoms with Crippen LogP contribution in [0.4, 0.5) is 13.2 Å². The summed E-state index contributed by atoms with van der Waals surface area (Å²) in [6.45, 7) is 0. The third-order valence-corrected chi connectivity index (χ3v) is 2.62. The smallest absolute Gasteiger partial charge is 0.406 e. The minimum Gasteiger partial charge on any atom is -0.406 e. The van der Waals surface area contributed by atoms with Crippen molar-refractivity contribution in [3.8, 4) is 17.1 Å². The maximum Gasteiger partial charge on any atom is 0.573 e. The predicted molar refractivity (Wildman–Crippen MR) is 66.0 cm³/mol. The van der Waals surface area contributed by atoms with Gasteiger partial charge in [0, 0.05) is 11.8 Å². The van der Waals surface area contributed by atoms with Crippen molar-refractivity contribution in [1.82, 2.24) is 15.0 Å². The van der Waals surface area contributed by atoms with E-state index in [0.29, 0.717) is 17.0 Å². The first kappa shape index (κ1) is 12.5. The van der Waals surface area contributed by atoms with Gasteiger partial charge < -0.3 is 9.72 Å². The molecular weight excluding hydrogens is 271 g/mol. The Morgan fingerprint density at radius 1 is 1.05 bits per heavy atom. The first-order valence-electron chi connectivity index (χ1n) is 5.68. The van der Waals surface area contributed by atoms with Crippen LogP contribution in [0.1, 0.15) is 0 Å². The van der Waals surface area contributed by atoms with E-state index >= 15 is 0 Å². The molecule has 0 aliphatic heterocycles. The summed E-state index contributed by atoms with van der Waals surface area (Å²) in [5.41, 5.74) is 1.97. The molecule has 4 nitrogen and oxygen atoms in total. The molecule has 2 aromatic heterocycles. The molecule has 1 N–H and O–H groups in total.